The molecule has 1 aliphatic heterocycles. The molecule has 9 nitrogen and oxygen atoms in total. The first-order valence-corrected chi connectivity index (χ1v) is 8.93. The van der Waals surface area contributed by atoms with Crippen LogP contribution in [0.4, 0.5) is 11.5 Å². The number of aryl methyl sites for hydroxylation is 1. The van der Waals surface area contributed by atoms with Crippen LogP contribution in [0.2, 0.25) is 0 Å². The molecular weight excluding hydrogens is 344 g/mol. The van der Waals surface area contributed by atoms with Crippen LogP contribution >= 0.6 is 0 Å². The van der Waals surface area contributed by atoms with Crippen molar-refractivity contribution in [3.05, 3.63) is 36.7 Å². The van der Waals surface area contributed by atoms with E-state index in [1.54, 1.807) is 15.9 Å². The Kier molecular flexibility index (Phi) is 4.68. The smallest absolute Gasteiger partial charge is 0.240 e. The van der Waals surface area contributed by atoms with Crippen molar-refractivity contribution >= 4 is 28.6 Å². The van der Waals surface area contributed by atoms with Gasteiger partial charge in [-0.2, -0.15) is 0 Å². The van der Waals surface area contributed by atoms with Crippen LogP contribution in [-0.4, -0.2) is 75.5 Å². The summed E-state index contributed by atoms with van der Waals surface area (Å²) >= 11 is 0. The maximum absolute atomic E-state index is 12.6. The van der Waals surface area contributed by atoms with E-state index in [1.807, 2.05) is 44.4 Å². The Labute approximate surface area is 157 Å². The molecular formula is C18H22N8O. The minimum Gasteiger partial charge on any atom is -0.352 e. The number of amides is 1. The number of benzene rings is 1. The lowest BCUT2D eigenvalue weighted by molar-refractivity contribution is -0.119. The third kappa shape index (κ3) is 3.45. The second kappa shape index (κ2) is 7.28. The first-order valence-electron chi connectivity index (χ1n) is 8.93. The van der Waals surface area contributed by atoms with Crippen LogP contribution in [-0.2, 0) is 11.8 Å². The van der Waals surface area contributed by atoms with Gasteiger partial charge in [-0.1, -0.05) is 23.4 Å². The molecule has 27 heavy (non-hydrogen) atoms. The van der Waals surface area contributed by atoms with E-state index in [2.05, 4.69) is 30.1 Å². The molecule has 0 saturated carbocycles. The quantitative estimate of drug-likeness (QED) is 0.666. The van der Waals surface area contributed by atoms with Crippen LogP contribution in [0.1, 0.15) is 0 Å². The van der Waals surface area contributed by atoms with Gasteiger partial charge < -0.3 is 9.80 Å². The number of aromatic nitrogens is 5. The van der Waals surface area contributed by atoms with Crippen molar-refractivity contribution in [3.8, 4) is 0 Å². The highest BCUT2D eigenvalue weighted by molar-refractivity contribution is 5.94. The normalized spacial score (nSPS) is 15.3. The molecule has 0 aliphatic carbocycles. The van der Waals surface area contributed by atoms with Gasteiger partial charge in [0.15, 0.2) is 17.0 Å². The van der Waals surface area contributed by atoms with Crippen LogP contribution in [0.25, 0.3) is 11.2 Å². The predicted octanol–water partition coefficient (Wildman–Crippen LogP) is 0.543. The van der Waals surface area contributed by atoms with Gasteiger partial charge in [-0.25, -0.2) is 14.6 Å². The van der Waals surface area contributed by atoms with E-state index in [1.165, 1.54) is 0 Å². The van der Waals surface area contributed by atoms with Crippen LogP contribution in [0.3, 0.4) is 0 Å². The van der Waals surface area contributed by atoms with Crippen LogP contribution < -0.4 is 9.80 Å². The minimum atomic E-state index is 0.0907. The molecule has 0 bridgehead atoms. The van der Waals surface area contributed by atoms with Crippen molar-refractivity contribution in [1.82, 2.24) is 29.9 Å². The van der Waals surface area contributed by atoms with Gasteiger partial charge in [-0.3, -0.25) is 9.69 Å². The number of carbonyl (C=O) groups is 1. The number of rotatable bonds is 4. The molecule has 0 spiro atoms. The maximum Gasteiger partial charge on any atom is 0.240 e. The van der Waals surface area contributed by atoms with E-state index in [9.17, 15) is 4.79 Å². The van der Waals surface area contributed by atoms with Crippen molar-refractivity contribution in [2.45, 2.75) is 0 Å². The molecule has 0 unspecified atom stereocenters. The Morgan fingerprint density at radius 1 is 1.11 bits per heavy atom. The fraction of sp³-hybridized carbons (Fsp3) is 0.389. The molecule has 3 aromatic rings. The lowest BCUT2D eigenvalue weighted by Gasteiger charge is -2.35. The first-order chi connectivity index (χ1) is 13.1. The molecule has 140 valence electrons. The molecule has 1 fully saturated rings. The Morgan fingerprint density at radius 3 is 2.59 bits per heavy atom. The average molecular weight is 366 g/mol. The van der Waals surface area contributed by atoms with Gasteiger partial charge in [0.2, 0.25) is 5.91 Å². The van der Waals surface area contributed by atoms with Gasteiger partial charge in [0.05, 0.1) is 6.54 Å². The van der Waals surface area contributed by atoms with E-state index in [0.717, 1.165) is 43.3 Å². The van der Waals surface area contributed by atoms with Gasteiger partial charge in [-0.05, 0) is 12.1 Å². The summed E-state index contributed by atoms with van der Waals surface area (Å²) in [6.45, 7) is 3.56. The van der Waals surface area contributed by atoms with Gasteiger partial charge in [0.25, 0.3) is 0 Å². The molecule has 0 atom stereocenters. The zero-order chi connectivity index (χ0) is 18.8. The number of nitrogens with zero attached hydrogens (tertiary/aromatic N) is 8. The van der Waals surface area contributed by atoms with E-state index >= 15 is 0 Å². The Morgan fingerprint density at radius 2 is 1.85 bits per heavy atom. The van der Waals surface area contributed by atoms with Crippen LogP contribution in [0.5, 0.6) is 0 Å². The second-order valence-corrected chi connectivity index (χ2v) is 6.63. The summed E-state index contributed by atoms with van der Waals surface area (Å²) in [5, 5.41) is 8.22. The summed E-state index contributed by atoms with van der Waals surface area (Å²) in [4.78, 5) is 27.3. The molecule has 4 rings (SSSR count). The summed E-state index contributed by atoms with van der Waals surface area (Å²) in [5.41, 5.74) is 2.35. The molecule has 2 aromatic heterocycles. The maximum atomic E-state index is 12.6. The monoisotopic (exact) mass is 366 g/mol. The summed E-state index contributed by atoms with van der Waals surface area (Å²) in [6, 6.07) is 9.70. The minimum absolute atomic E-state index is 0.0907. The second-order valence-electron chi connectivity index (χ2n) is 6.63. The molecule has 0 radical (unpaired) electrons. The number of anilines is 2. The highest BCUT2D eigenvalue weighted by Crippen LogP contribution is 2.21. The van der Waals surface area contributed by atoms with Crippen molar-refractivity contribution in [1.29, 1.82) is 0 Å². The fourth-order valence-electron chi connectivity index (χ4n) is 3.28. The van der Waals surface area contributed by atoms with Crippen molar-refractivity contribution in [2.75, 3.05) is 49.6 Å². The van der Waals surface area contributed by atoms with Crippen molar-refractivity contribution < 1.29 is 4.79 Å². The molecule has 3 heterocycles. The standard InChI is InChI=1S/C18H22N8O/c1-23(14-6-4-3-5-7-14)15(27)12-25-8-10-26(11-9-25)18-16-17(19-13-20-18)24(2)22-21-16/h3-7,13H,8-12H2,1-2H3. The van der Waals surface area contributed by atoms with E-state index < -0.39 is 0 Å². The predicted molar refractivity (Wildman–Crippen MR) is 103 cm³/mol. The molecule has 1 aliphatic rings. The van der Waals surface area contributed by atoms with E-state index in [-0.39, 0.29) is 5.91 Å². The molecule has 0 N–H and O–H groups in total. The summed E-state index contributed by atoms with van der Waals surface area (Å²) in [7, 11) is 3.64. The first kappa shape index (κ1) is 17.3. The Balaban J connectivity index is 1.38. The third-order valence-electron chi connectivity index (χ3n) is 4.92. The summed E-state index contributed by atoms with van der Waals surface area (Å²) in [6.07, 6.45) is 1.55. The number of piperazine rings is 1. The molecule has 1 saturated heterocycles. The Hall–Kier alpha value is -3.07. The fourth-order valence-corrected chi connectivity index (χ4v) is 3.28. The lowest BCUT2D eigenvalue weighted by Crippen LogP contribution is -2.50. The largest absolute Gasteiger partial charge is 0.352 e. The number of carbonyl (C=O) groups excluding carboxylic acids is 1. The highest BCUT2D eigenvalue weighted by Gasteiger charge is 2.24. The topological polar surface area (TPSA) is 83.3 Å². The summed E-state index contributed by atoms with van der Waals surface area (Å²) in [5.74, 6) is 0.897. The molecule has 1 aromatic carbocycles. The SMILES string of the molecule is CN(C(=O)CN1CCN(c2ncnc3c2nnn3C)CC1)c1ccccc1. The van der Waals surface area contributed by atoms with Gasteiger partial charge in [0.1, 0.15) is 6.33 Å². The zero-order valence-electron chi connectivity index (χ0n) is 15.5. The van der Waals surface area contributed by atoms with E-state index in [4.69, 9.17) is 0 Å². The number of hydrogen-bond donors (Lipinski definition) is 0. The van der Waals surface area contributed by atoms with E-state index in [0.29, 0.717) is 12.1 Å². The number of fused-ring (bicyclic) bond motifs is 1. The highest BCUT2D eigenvalue weighted by atomic mass is 16.2. The number of hydrogen-bond acceptors (Lipinski definition) is 7. The van der Waals surface area contributed by atoms with Crippen LogP contribution in [0, 0.1) is 0 Å². The van der Waals surface area contributed by atoms with Gasteiger partial charge in [-0.15, -0.1) is 5.10 Å². The number of para-hydroxylation sites is 1. The summed E-state index contributed by atoms with van der Waals surface area (Å²) < 4.78 is 1.65. The van der Waals surface area contributed by atoms with Gasteiger partial charge in [0, 0.05) is 46.0 Å². The molecule has 9 heteroatoms. The van der Waals surface area contributed by atoms with Crippen LogP contribution in [0.15, 0.2) is 36.7 Å². The number of likely N-dealkylation sites (N-methyl/N-ethyl adjacent to an activating group) is 1. The Bertz CT molecular complexity index is 933. The zero-order valence-corrected chi connectivity index (χ0v) is 15.5. The third-order valence-corrected chi connectivity index (χ3v) is 4.92. The molecule has 1 amide bonds. The van der Waals surface area contributed by atoms with Crippen molar-refractivity contribution in [2.24, 2.45) is 7.05 Å². The average Bonchev–Trinajstić information content (AvgIpc) is 3.10. The lowest BCUT2D eigenvalue weighted by atomic mass is 10.2. The van der Waals surface area contributed by atoms with Crippen molar-refractivity contribution in [3.63, 3.8) is 0 Å². The van der Waals surface area contributed by atoms with Gasteiger partial charge >= 0.3 is 0 Å².